The van der Waals surface area contributed by atoms with Crippen LogP contribution in [-0.2, 0) is 17.8 Å². The Bertz CT molecular complexity index is 660. The molecule has 1 N–H and O–H groups in total. The van der Waals surface area contributed by atoms with Gasteiger partial charge in [-0.25, -0.2) is 9.18 Å². The number of carbonyl (C=O) groups excluding carboxylic acids is 1. The molecule has 1 amide bonds. The topological polar surface area (TPSA) is 51.2 Å². The molecule has 0 saturated heterocycles. The summed E-state index contributed by atoms with van der Waals surface area (Å²) in [5.74, 6) is -0.430. The SMILES string of the molecule is CCc1snc(C)c1NC(=O)OCc1ccc(F)cc1Cl. The van der Waals surface area contributed by atoms with E-state index in [1.807, 2.05) is 13.8 Å². The van der Waals surface area contributed by atoms with Gasteiger partial charge in [0.25, 0.3) is 0 Å². The first-order valence-electron chi connectivity index (χ1n) is 6.34. The fourth-order valence-electron chi connectivity index (χ4n) is 1.74. The summed E-state index contributed by atoms with van der Waals surface area (Å²) in [5, 5.41) is 2.91. The Labute approximate surface area is 131 Å². The summed E-state index contributed by atoms with van der Waals surface area (Å²) in [6, 6.07) is 3.94. The fourth-order valence-corrected chi connectivity index (χ4v) is 2.72. The highest BCUT2D eigenvalue weighted by Crippen LogP contribution is 2.25. The van der Waals surface area contributed by atoms with Gasteiger partial charge in [-0.3, -0.25) is 5.32 Å². The number of benzene rings is 1. The lowest BCUT2D eigenvalue weighted by molar-refractivity contribution is 0.155. The third-order valence-electron chi connectivity index (χ3n) is 2.86. The quantitative estimate of drug-likeness (QED) is 0.895. The fraction of sp³-hybridized carbons (Fsp3) is 0.286. The van der Waals surface area contributed by atoms with Gasteiger partial charge in [-0.2, -0.15) is 4.37 Å². The molecule has 0 aliphatic carbocycles. The van der Waals surface area contributed by atoms with E-state index in [4.69, 9.17) is 16.3 Å². The Morgan fingerprint density at radius 2 is 2.29 bits per heavy atom. The molecule has 1 aromatic carbocycles. The van der Waals surface area contributed by atoms with Crippen LogP contribution < -0.4 is 5.32 Å². The van der Waals surface area contributed by atoms with Crippen molar-refractivity contribution in [1.82, 2.24) is 4.37 Å². The van der Waals surface area contributed by atoms with Gasteiger partial charge in [-0.15, -0.1) is 0 Å². The molecule has 1 heterocycles. The van der Waals surface area contributed by atoms with E-state index in [2.05, 4.69) is 9.69 Å². The molecule has 0 unspecified atom stereocenters. The molecular weight excluding hydrogens is 315 g/mol. The van der Waals surface area contributed by atoms with Crippen molar-refractivity contribution in [2.24, 2.45) is 0 Å². The first-order chi connectivity index (χ1) is 10.0. The Morgan fingerprint density at radius 3 is 2.95 bits per heavy atom. The average molecular weight is 329 g/mol. The highest BCUT2D eigenvalue weighted by molar-refractivity contribution is 7.06. The molecule has 0 radical (unpaired) electrons. The van der Waals surface area contributed by atoms with Crippen LogP contribution in [0.4, 0.5) is 14.9 Å². The number of anilines is 1. The molecule has 7 heteroatoms. The zero-order chi connectivity index (χ0) is 15.4. The van der Waals surface area contributed by atoms with E-state index in [9.17, 15) is 9.18 Å². The maximum absolute atomic E-state index is 12.9. The molecule has 0 bridgehead atoms. The van der Waals surface area contributed by atoms with Crippen LogP contribution in [0.1, 0.15) is 23.1 Å². The van der Waals surface area contributed by atoms with Gasteiger partial charge in [0.05, 0.1) is 16.4 Å². The second-order valence-electron chi connectivity index (χ2n) is 4.36. The van der Waals surface area contributed by atoms with Crippen LogP contribution in [0.5, 0.6) is 0 Å². The average Bonchev–Trinajstić information content (AvgIpc) is 2.78. The van der Waals surface area contributed by atoms with Crippen molar-refractivity contribution in [3.8, 4) is 0 Å². The number of carbonyl (C=O) groups is 1. The maximum Gasteiger partial charge on any atom is 0.412 e. The van der Waals surface area contributed by atoms with E-state index in [-0.39, 0.29) is 11.6 Å². The summed E-state index contributed by atoms with van der Waals surface area (Å²) in [7, 11) is 0. The number of amides is 1. The van der Waals surface area contributed by atoms with Crippen molar-refractivity contribution in [2.45, 2.75) is 26.9 Å². The normalized spacial score (nSPS) is 10.5. The summed E-state index contributed by atoms with van der Waals surface area (Å²) in [6.45, 7) is 3.78. The van der Waals surface area contributed by atoms with Crippen LogP contribution in [-0.4, -0.2) is 10.5 Å². The molecule has 0 aliphatic rings. The molecular formula is C14H14ClFN2O2S. The van der Waals surface area contributed by atoms with Crippen molar-refractivity contribution in [3.05, 3.63) is 45.2 Å². The van der Waals surface area contributed by atoms with Crippen LogP contribution >= 0.6 is 23.1 Å². The minimum Gasteiger partial charge on any atom is -0.444 e. The largest absolute Gasteiger partial charge is 0.444 e. The predicted octanol–water partition coefficient (Wildman–Crippen LogP) is 4.56. The second kappa shape index (κ2) is 6.87. The first-order valence-corrected chi connectivity index (χ1v) is 7.49. The van der Waals surface area contributed by atoms with Crippen LogP contribution in [0, 0.1) is 12.7 Å². The van der Waals surface area contributed by atoms with Gasteiger partial charge in [0.15, 0.2) is 0 Å². The van der Waals surface area contributed by atoms with Crippen molar-refractivity contribution >= 4 is 34.9 Å². The molecule has 0 saturated carbocycles. The third-order valence-corrected chi connectivity index (χ3v) is 4.29. The molecule has 0 atom stereocenters. The van der Waals surface area contributed by atoms with Gasteiger partial charge in [-0.1, -0.05) is 24.6 Å². The number of rotatable bonds is 4. The minimum absolute atomic E-state index is 0.0248. The zero-order valence-corrected chi connectivity index (χ0v) is 13.1. The number of hydrogen-bond donors (Lipinski definition) is 1. The summed E-state index contributed by atoms with van der Waals surface area (Å²) in [5.41, 5.74) is 2.00. The molecule has 0 fully saturated rings. The van der Waals surface area contributed by atoms with Gasteiger partial charge >= 0.3 is 6.09 Å². The second-order valence-corrected chi connectivity index (χ2v) is 5.62. The number of nitrogens with zero attached hydrogens (tertiary/aromatic N) is 1. The van der Waals surface area contributed by atoms with Gasteiger partial charge in [0.1, 0.15) is 12.4 Å². The van der Waals surface area contributed by atoms with Crippen molar-refractivity contribution in [2.75, 3.05) is 5.32 Å². The Morgan fingerprint density at radius 1 is 1.52 bits per heavy atom. The molecule has 0 aliphatic heterocycles. The third kappa shape index (κ3) is 3.92. The molecule has 2 aromatic rings. The monoisotopic (exact) mass is 328 g/mol. The van der Waals surface area contributed by atoms with E-state index in [1.54, 1.807) is 0 Å². The van der Waals surface area contributed by atoms with E-state index < -0.39 is 11.9 Å². The Balaban J connectivity index is 1.97. The number of ether oxygens (including phenoxy) is 1. The molecule has 21 heavy (non-hydrogen) atoms. The number of aromatic nitrogens is 1. The summed E-state index contributed by atoms with van der Waals surface area (Å²) >= 11 is 7.22. The maximum atomic E-state index is 12.9. The molecule has 1 aromatic heterocycles. The van der Waals surface area contributed by atoms with Crippen molar-refractivity contribution in [1.29, 1.82) is 0 Å². The van der Waals surface area contributed by atoms with Crippen LogP contribution in [0.25, 0.3) is 0 Å². The standard InChI is InChI=1S/C14H14ClFN2O2S/c1-3-12-13(8(2)18-21-12)17-14(19)20-7-9-4-5-10(16)6-11(9)15/h4-6H,3,7H2,1-2H3,(H,17,19). The van der Waals surface area contributed by atoms with Gasteiger partial charge < -0.3 is 4.74 Å². The van der Waals surface area contributed by atoms with E-state index >= 15 is 0 Å². The smallest absolute Gasteiger partial charge is 0.412 e. The zero-order valence-electron chi connectivity index (χ0n) is 11.6. The summed E-state index contributed by atoms with van der Waals surface area (Å²) in [6.07, 6.45) is 0.193. The van der Waals surface area contributed by atoms with E-state index in [0.29, 0.717) is 11.3 Å². The number of nitrogens with one attached hydrogen (secondary N) is 1. The van der Waals surface area contributed by atoms with Gasteiger partial charge in [0, 0.05) is 10.4 Å². The van der Waals surface area contributed by atoms with Crippen molar-refractivity contribution < 1.29 is 13.9 Å². The van der Waals surface area contributed by atoms with E-state index in [0.717, 1.165) is 17.0 Å². The highest BCUT2D eigenvalue weighted by Gasteiger charge is 2.13. The molecule has 4 nitrogen and oxygen atoms in total. The van der Waals surface area contributed by atoms with Crippen molar-refractivity contribution in [3.63, 3.8) is 0 Å². The van der Waals surface area contributed by atoms with E-state index in [1.165, 1.54) is 29.7 Å². The first kappa shape index (κ1) is 15.7. The summed E-state index contributed by atoms with van der Waals surface area (Å²) < 4.78 is 22.2. The lowest BCUT2D eigenvalue weighted by Gasteiger charge is -2.09. The molecule has 112 valence electrons. The number of halogens is 2. The van der Waals surface area contributed by atoms with Crippen LogP contribution in [0.15, 0.2) is 18.2 Å². The van der Waals surface area contributed by atoms with Crippen LogP contribution in [0.3, 0.4) is 0 Å². The number of hydrogen-bond acceptors (Lipinski definition) is 4. The Hall–Kier alpha value is -1.66. The lowest BCUT2D eigenvalue weighted by Crippen LogP contribution is -2.14. The molecule has 2 rings (SSSR count). The number of aryl methyl sites for hydroxylation is 2. The Kier molecular flexibility index (Phi) is 5.14. The highest BCUT2D eigenvalue weighted by atomic mass is 35.5. The van der Waals surface area contributed by atoms with Crippen LogP contribution in [0.2, 0.25) is 5.02 Å². The van der Waals surface area contributed by atoms with Gasteiger partial charge in [0.2, 0.25) is 0 Å². The lowest BCUT2D eigenvalue weighted by atomic mass is 10.2. The minimum atomic E-state index is -0.589. The van der Waals surface area contributed by atoms with Gasteiger partial charge in [-0.05, 0) is 37.0 Å². The summed E-state index contributed by atoms with van der Waals surface area (Å²) in [4.78, 5) is 12.8. The molecule has 0 spiro atoms. The predicted molar refractivity (Wildman–Crippen MR) is 81.4 cm³/mol.